The molecule has 2 aromatic carbocycles. The van der Waals surface area contributed by atoms with Gasteiger partial charge in [-0.05, 0) is 11.1 Å². The average Bonchev–Trinajstić information content (AvgIpc) is 3.14. The second kappa shape index (κ2) is 12.1. The number of halogens is 12. The Bertz CT molecular complexity index is 1230. The summed E-state index contributed by atoms with van der Waals surface area (Å²) in [6, 6.07) is 20.4. The van der Waals surface area contributed by atoms with Gasteiger partial charge in [0.2, 0.25) is 0 Å². The number of carbonyl (C=O) groups is 2. The van der Waals surface area contributed by atoms with E-state index in [2.05, 4.69) is 62.6 Å². The second-order valence-corrected chi connectivity index (χ2v) is 15.8. The van der Waals surface area contributed by atoms with Crippen molar-refractivity contribution in [3.05, 3.63) is 71.8 Å². The Balaban J connectivity index is 0.000000331. The van der Waals surface area contributed by atoms with Gasteiger partial charge in [0.25, 0.3) is 11.8 Å². The molecule has 0 radical (unpaired) electrons. The summed E-state index contributed by atoms with van der Waals surface area (Å²) in [7, 11) is -17.6. The number of benzene rings is 2. The summed E-state index contributed by atoms with van der Waals surface area (Å²) in [5.41, 5.74) is 2.22. The number of nitrogens with zero attached hydrogens (tertiary/aromatic N) is 2. The van der Waals surface area contributed by atoms with E-state index in [0.29, 0.717) is 0 Å². The Morgan fingerprint density at radius 2 is 0.761 bits per heavy atom. The van der Waals surface area contributed by atoms with Crippen LogP contribution in [0.15, 0.2) is 60.7 Å². The normalized spacial score (nSPS) is 23.6. The summed E-state index contributed by atoms with van der Waals surface area (Å²) in [6.07, 6.45) is 1.63. The molecule has 2 amide bonds. The van der Waals surface area contributed by atoms with Gasteiger partial charge in [-0.3, -0.25) is 19.4 Å². The minimum atomic E-state index is -10.7. The summed E-state index contributed by atoms with van der Waals surface area (Å²) in [5.74, 6) is 0.461. The molecule has 2 saturated heterocycles. The molecule has 0 bridgehead atoms. The molecule has 2 aromatic rings. The van der Waals surface area contributed by atoms with Crippen LogP contribution in [0.3, 0.4) is 0 Å². The van der Waals surface area contributed by atoms with Gasteiger partial charge in [0.1, 0.15) is 0 Å². The standard InChI is InChI=1S/2C13H18N2O.2F6P/c2*1-13(2)14-11(12(16)15(13)3)9-10-7-5-4-6-8-10;2*1-7(2,3,4,5)6/h2*4-8,11,14H,9H2,1-3H3;;/q;;2*-1/p+2/t2*11-;;/m00../s1. The number of hydrogen-bond donors (Lipinski definition) is 2. The number of quaternary nitrogens is 2. The Hall–Kier alpha value is -2.68. The van der Waals surface area contributed by atoms with Crippen molar-refractivity contribution in [2.45, 2.75) is 63.9 Å². The molecular formula is C26H38F12N4O2P2. The van der Waals surface area contributed by atoms with Crippen LogP contribution in [0, 0.1) is 0 Å². The molecule has 0 unspecified atom stereocenters. The van der Waals surface area contributed by atoms with Crippen molar-refractivity contribution in [1.29, 1.82) is 0 Å². The van der Waals surface area contributed by atoms with Gasteiger partial charge in [-0.15, -0.1) is 0 Å². The number of rotatable bonds is 4. The van der Waals surface area contributed by atoms with Crippen LogP contribution in [0.2, 0.25) is 0 Å². The van der Waals surface area contributed by atoms with E-state index < -0.39 is 15.6 Å². The zero-order valence-corrected chi connectivity index (χ0v) is 27.4. The summed E-state index contributed by atoms with van der Waals surface area (Å²) in [6.45, 7) is 8.32. The van der Waals surface area contributed by atoms with Crippen molar-refractivity contribution >= 4 is 27.4 Å². The molecule has 268 valence electrons. The fraction of sp³-hybridized carbons (Fsp3) is 0.462. The van der Waals surface area contributed by atoms with Crippen LogP contribution < -0.4 is 10.6 Å². The Morgan fingerprint density at radius 3 is 0.935 bits per heavy atom. The van der Waals surface area contributed by atoms with Gasteiger partial charge in [0, 0.05) is 54.6 Å². The van der Waals surface area contributed by atoms with E-state index >= 15 is 0 Å². The van der Waals surface area contributed by atoms with Gasteiger partial charge in [0.15, 0.2) is 23.4 Å². The van der Waals surface area contributed by atoms with Gasteiger partial charge in [0.05, 0.1) is 0 Å². The number of nitrogens with two attached hydrogens (primary N) is 2. The van der Waals surface area contributed by atoms with Crippen LogP contribution in [-0.4, -0.2) is 59.1 Å². The third-order valence-electron chi connectivity index (χ3n) is 6.84. The SMILES string of the molecule is CN1C(=O)[C@H](Cc2ccccc2)[NH2+]C1(C)C.CN1C(=O)[C@H](Cc2ccccc2)[NH2+]C1(C)C.F[P-](F)(F)(F)(F)F.F[P-](F)(F)(F)(F)F. The number of hydrogen-bond acceptors (Lipinski definition) is 2. The Kier molecular flexibility index (Phi) is 10.9. The molecular weight excluding hydrogens is 690 g/mol. The van der Waals surface area contributed by atoms with Crippen molar-refractivity contribution in [3.63, 3.8) is 0 Å². The molecule has 0 aliphatic carbocycles. The number of amides is 2. The van der Waals surface area contributed by atoms with Crippen molar-refractivity contribution in [2.24, 2.45) is 0 Å². The molecule has 46 heavy (non-hydrogen) atoms. The van der Waals surface area contributed by atoms with Crippen LogP contribution in [-0.2, 0) is 22.4 Å². The minimum absolute atomic E-state index is 0.0300. The maximum absolute atomic E-state index is 12.0. The van der Waals surface area contributed by atoms with Crippen LogP contribution in [0.4, 0.5) is 50.4 Å². The van der Waals surface area contributed by atoms with Gasteiger partial charge >= 0.3 is 66.0 Å². The van der Waals surface area contributed by atoms with Gasteiger partial charge < -0.3 is 10.6 Å². The molecule has 2 heterocycles. The summed E-state index contributed by atoms with van der Waals surface area (Å²) >= 11 is 0. The monoisotopic (exact) mass is 728 g/mol. The first kappa shape index (κ1) is 41.3. The zero-order valence-electron chi connectivity index (χ0n) is 25.6. The molecule has 2 aliphatic rings. The van der Waals surface area contributed by atoms with Gasteiger partial charge in [-0.1, -0.05) is 60.7 Å². The van der Waals surface area contributed by atoms with E-state index in [1.807, 2.05) is 60.3 Å². The summed E-state index contributed by atoms with van der Waals surface area (Å²) in [4.78, 5) is 27.7. The molecule has 4 N–H and O–H groups in total. The molecule has 6 nitrogen and oxygen atoms in total. The molecule has 0 spiro atoms. The van der Waals surface area contributed by atoms with Crippen LogP contribution >= 0.6 is 15.6 Å². The first-order chi connectivity index (χ1) is 19.9. The van der Waals surface area contributed by atoms with E-state index in [0.717, 1.165) is 12.8 Å². The van der Waals surface area contributed by atoms with Crippen molar-refractivity contribution < 1.29 is 70.6 Å². The Labute approximate surface area is 258 Å². The topological polar surface area (TPSA) is 73.8 Å². The third kappa shape index (κ3) is 19.1. The summed E-state index contributed by atoms with van der Waals surface area (Å²) < 4.78 is 118. The van der Waals surface area contributed by atoms with E-state index in [9.17, 15) is 60.0 Å². The molecule has 4 rings (SSSR count). The average molecular weight is 729 g/mol. The molecule has 20 heteroatoms. The van der Waals surface area contributed by atoms with Crippen molar-refractivity contribution in [3.8, 4) is 0 Å². The van der Waals surface area contributed by atoms with E-state index in [-0.39, 0.29) is 35.2 Å². The third-order valence-corrected chi connectivity index (χ3v) is 6.84. The van der Waals surface area contributed by atoms with Crippen molar-refractivity contribution in [1.82, 2.24) is 9.80 Å². The second-order valence-electron chi connectivity index (χ2n) is 11.9. The molecule has 2 fully saturated rings. The number of likely N-dealkylation sites (N-methyl/N-ethyl adjacent to an activating group) is 2. The van der Waals surface area contributed by atoms with Crippen LogP contribution in [0.5, 0.6) is 0 Å². The predicted octanol–water partition coefficient (Wildman–Crippen LogP) is 7.50. The van der Waals surface area contributed by atoms with Crippen LogP contribution in [0.1, 0.15) is 38.8 Å². The van der Waals surface area contributed by atoms with E-state index in [1.165, 1.54) is 11.1 Å². The van der Waals surface area contributed by atoms with Gasteiger partial charge in [-0.2, -0.15) is 0 Å². The Morgan fingerprint density at radius 1 is 0.543 bits per heavy atom. The first-order valence-electron chi connectivity index (χ1n) is 13.4. The molecule has 0 aromatic heterocycles. The van der Waals surface area contributed by atoms with E-state index in [4.69, 9.17) is 0 Å². The molecule has 0 saturated carbocycles. The van der Waals surface area contributed by atoms with Gasteiger partial charge in [-0.25, -0.2) is 0 Å². The quantitative estimate of drug-likeness (QED) is 0.253. The fourth-order valence-electron chi connectivity index (χ4n) is 4.44. The molecule has 2 aliphatic heterocycles. The van der Waals surface area contributed by atoms with Crippen LogP contribution in [0.25, 0.3) is 0 Å². The predicted molar refractivity (Wildman–Crippen MR) is 153 cm³/mol. The number of carbonyl (C=O) groups excluding carboxylic acids is 2. The zero-order chi connectivity index (χ0) is 36.3. The maximum atomic E-state index is 12.0. The molecule has 2 atom stereocenters. The first-order valence-corrected chi connectivity index (χ1v) is 17.4. The van der Waals surface area contributed by atoms with Crippen molar-refractivity contribution in [2.75, 3.05) is 14.1 Å². The fourth-order valence-corrected chi connectivity index (χ4v) is 4.44. The van der Waals surface area contributed by atoms with E-state index in [1.54, 1.807) is 0 Å². The summed E-state index contributed by atoms with van der Waals surface area (Å²) in [5, 5.41) is 4.31.